The van der Waals surface area contributed by atoms with E-state index in [1.165, 1.54) is 4.90 Å². The second kappa shape index (κ2) is 4.87. The third-order valence-corrected chi connectivity index (χ3v) is 4.97. The van der Waals surface area contributed by atoms with Crippen molar-refractivity contribution in [2.24, 2.45) is 11.8 Å². The van der Waals surface area contributed by atoms with Gasteiger partial charge >= 0.3 is 5.97 Å². The Balaban J connectivity index is 1.93. The molecule has 0 saturated heterocycles. The Morgan fingerprint density at radius 2 is 1.71 bits per heavy atom. The summed E-state index contributed by atoms with van der Waals surface area (Å²) < 4.78 is 27.0. The number of fused-ring (bicyclic) bond motifs is 2. The number of carbonyl (C=O) groups excluding carboxylic acids is 1. The van der Waals surface area contributed by atoms with Crippen molar-refractivity contribution in [3.8, 4) is 0 Å². The zero-order valence-corrected chi connectivity index (χ0v) is 12.4. The number of hydrogen-bond acceptors (Lipinski definition) is 2. The average molecular weight is 329 g/mol. The highest BCUT2D eigenvalue weighted by molar-refractivity contribution is 6.17. The molecule has 1 amide bonds. The quantitative estimate of drug-likeness (QED) is 0.941. The van der Waals surface area contributed by atoms with E-state index in [1.807, 2.05) is 0 Å². The number of halogens is 2. The SMILES string of the molecule is O=C(O)[C@H]1[C@H](C(F)F)[C@]12C(=O)N(c1ccccc1)c1ccccc12. The molecule has 24 heavy (non-hydrogen) atoms. The van der Waals surface area contributed by atoms with E-state index in [9.17, 15) is 23.5 Å². The normalized spacial score (nSPS) is 27.6. The van der Waals surface area contributed by atoms with Gasteiger partial charge in [-0.2, -0.15) is 0 Å². The molecule has 6 heteroatoms. The number of nitrogens with zero attached hydrogens (tertiary/aromatic N) is 1. The lowest BCUT2D eigenvalue weighted by Gasteiger charge is -2.18. The van der Waals surface area contributed by atoms with Crippen LogP contribution in [0.25, 0.3) is 0 Å². The third kappa shape index (κ3) is 1.65. The number of carboxylic acids is 1. The summed E-state index contributed by atoms with van der Waals surface area (Å²) in [5.41, 5.74) is -0.289. The van der Waals surface area contributed by atoms with Crippen LogP contribution in [0, 0.1) is 11.8 Å². The van der Waals surface area contributed by atoms with Crippen LogP contribution in [0.4, 0.5) is 20.2 Å². The van der Waals surface area contributed by atoms with Crippen molar-refractivity contribution in [1.29, 1.82) is 0 Å². The molecule has 2 aromatic rings. The predicted octanol–water partition coefficient (Wildman–Crippen LogP) is 3.20. The zero-order chi connectivity index (χ0) is 17.1. The maximum Gasteiger partial charge on any atom is 0.308 e. The average Bonchev–Trinajstić information content (AvgIpc) is 3.22. The van der Waals surface area contributed by atoms with Crippen LogP contribution in [0.15, 0.2) is 54.6 Å². The Morgan fingerprint density at radius 3 is 2.29 bits per heavy atom. The van der Waals surface area contributed by atoms with Gasteiger partial charge in [-0.25, -0.2) is 8.78 Å². The molecule has 4 nitrogen and oxygen atoms in total. The Kier molecular flexibility index (Phi) is 3.00. The molecule has 0 unspecified atom stereocenters. The Labute approximate surface area is 136 Å². The van der Waals surface area contributed by atoms with Gasteiger partial charge in [0.1, 0.15) is 0 Å². The molecule has 1 fully saturated rings. The van der Waals surface area contributed by atoms with Crippen molar-refractivity contribution in [2.75, 3.05) is 4.90 Å². The molecule has 1 N–H and O–H groups in total. The van der Waals surface area contributed by atoms with Crippen LogP contribution in [-0.4, -0.2) is 23.4 Å². The van der Waals surface area contributed by atoms with Crippen molar-refractivity contribution in [1.82, 2.24) is 0 Å². The summed E-state index contributed by atoms with van der Waals surface area (Å²) in [6.07, 6.45) is -2.88. The van der Waals surface area contributed by atoms with Crippen LogP contribution in [0.5, 0.6) is 0 Å². The number of anilines is 2. The first kappa shape index (κ1) is 14.8. The maximum absolute atomic E-state index is 13.5. The Morgan fingerprint density at radius 1 is 1.08 bits per heavy atom. The summed E-state index contributed by atoms with van der Waals surface area (Å²) in [6.45, 7) is 0. The van der Waals surface area contributed by atoms with E-state index in [0.717, 1.165) is 0 Å². The van der Waals surface area contributed by atoms with E-state index in [4.69, 9.17) is 0 Å². The first-order valence-corrected chi connectivity index (χ1v) is 7.51. The van der Waals surface area contributed by atoms with E-state index in [0.29, 0.717) is 16.9 Å². The van der Waals surface area contributed by atoms with Gasteiger partial charge in [0.05, 0.1) is 22.9 Å². The lowest BCUT2D eigenvalue weighted by atomic mass is 9.93. The van der Waals surface area contributed by atoms with Crippen LogP contribution in [0.2, 0.25) is 0 Å². The van der Waals surface area contributed by atoms with Gasteiger partial charge in [-0.1, -0.05) is 36.4 Å². The highest BCUT2D eigenvalue weighted by Crippen LogP contribution is 2.68. The molecule has 3 atom stereocenters. The molecule has 122 valence electrons. The summed E-state index contributed by atoms with van der Waals surface area (Å²) in [5, 5.41) is 9.39. The number of aliphatic carboxylic acids is 1. The lowest BCUT2D eigenvalue weighted by Crippen LogP contribution is -2.32. The van der Waals surface area contributed by atoms with Gasteiger partial charge in [-0.15, -0.1) is 0 Å². The number of hydrogen-bond donors (Lipinski definition) is 1. The standard InChI is InChI=1S/C18H13F2NO3/c19-15(20)13-14(16(22)23)18(13)11-8-4-5-9-12(11)21(17(18)24)10-6-2-1-3-7-10/h1-9,13-15H,(H,22,23)/t13-,14-,18+/m1/s1. The third-order valence-electron chi connectivity index (χ3n) is 4.97. The molecule has 1 aliphatic heterocycles. The second-order valence-corrected chi connectivity index (χ2v) is 6.04. The minimum atomic E-state index is -2.88. The first-order chi connectivity index (χ1) is 11.5. The highest BCUT2D eigenvalue weighted by atomic mass is 19.3. The molecule has 1 spiro atoms. The minimum Gasteiger partial charge on any atom is -0.481 e. The van der Waals surface area contributed by atoms with Gasteiger partial charge < -0.3 is 5.11 Å². The summed E-state index contributed by atoms with van der Waals surface area (Å²) in [6, 6.07) is 15.2. The topological polar surface area (TPSA) is 57.6 Å². The smallest absolute Gasteiger partial charge is 0.308 e. The van der Waals surface area contributed by atoms with Crippen molar-refractivity contribution >= 4 is 23.3 Å². The fourth-order valence-electron chi connectivity index (χ4n) is 3.99. The number of carboxylic acid groups (broad SMARTS) is 1. The number of para-hydroxylation sites is 2. The maximum atomic E-state index is 13.5. The molecule has 0 radical (unpaired) electrons. The van der Waals surface area contributed by atoms with Gasteiger partial charge in [-0.3, -0.25) is 14.5 Å². The monoisotopic (exact) mass is 329 g/mol. The molecule has 2 aliphatic rings. The summed E-state index contributed by atoms with van der Waals surface area (Å²) >= 11 is 0. The largest absolute Gasteiger partial charge is 0.481 e. The number of benzene rings is 2. The molecule has 1 saturated carbocycles. The minimum absolute atomic E-state index is 0.372. The summed E-state index contributed by atoms with van der Waals surface area (Å²) in [4.78, 5) is 26.0. The van der Waals surface area contributed by atoms with Gasteiger partial charge in [0.15, 0.2) is 0 Å². The number of carbonyl (C=O) groups is 2. The number of rotatable bonds is 3. The lowest BCUT2D eigenvalue weighted by molar-refractivity contribution is -0.140. The zero-order valence-electron chi connectivity index (χ0n) is 12.4. The molecule has 4 rings (SSSR count). The molecule has 1 aliphatic carbocycles. The predicted molar refractivity (Wildman–Crippen MR) is 82.3 cm³/mol. The molecule has 2 aromatic carbocycles. The fourth-order valence-corrected chi connectivity index (χ4v) is 3.99. The van der Waals surface area contributed by atoms with Crippen LogP contribution >= 0.6 is 0 Å². The second-order valence-electron chi connectivity index (χ2n) is 6.04. The van der Waals surface area contributed by atoms with Crippen molar-refractivity contribution < 1.29 is 23.5 Å². The Bertz CT molecular complexity index is 839. The molecular weight excluding hydrogens is 316 g/mol. The van der Waals surface area contributed by atoms with Crippen LogP contribution in [0.3, 0.4) is 0 Å². The molecular formula is C18H13F2NO3. The first-order valence-electron chi connectivity index (χ1n) is 7.51. The van der Waals surface area contributed by atoms with E-state index in [2.05, 4.69) is 0 Å². The van der Waals surface area contributed by atoms with E-state index >= 15 is 0 Å². The number of amides is 1. The van der Waals surface area contributed by atoms with Gasteiger partial charge in [0, 0.05) is 5.69 Å². The van der Waals surface area contributed by atoms with Gasteiger partial charge in [-0.05, 0) is 23.8 Å². The number of alkyl halides is 2. The molecule has 1 heterocycles. The van der Waals surface area contributed by atoms with Crippen LogP contribution in [0.1, 0.15) is 5.56 Å². The Hall–Kier alpha value is -2.76. The van der Waals surface area contributed by atoms with Gasteiger partial charge in [0.25, 0.3) is 0 Å². The fraction of sp³-hybridized carbons (Fsp3) is 0.222. The van der Waals surface area contributed by atoms with E-state index in [1.54, 1.807) is 54.6 Å². The highest BCUT2D eigenvalue weighted by Gasteiger charge is 2.80. The van der Waals surface area contributed by atoms with Crippen LogP contribution < -0.4 is 4.90 Å². The summed E-state index contributed by atoms with van der Waals surface area (Å²) in [7, 11) is 0. The van der Waals surface area contributed by atoms with Crippen molar-refractivity contribution in [2.45, 2.75) is 11.8 Å². The van der Waals surface area contributed by atoms with Gasteiger partial charge in [0.2, 0.25) is 12.3 Å². The van der Waals surface area contributed by atoms with Crippen molar-refractivity contribution in [3.05, 3.63) is 60.2 Å². The van der Waals surface area contributed by atoms with E-state index < -0.39 is 35.6 Å². The summed E-state index contributed by atoms with van der Waals surface area (Å²) in [5.74, 6) is -4.86. The van der Waals surface area contributed by atoms with E-state index in [-0.39, 0.29) is 0 Å². The molecule has 0 bridgehead atoms. The molecule has 0 aromatic heterocycles. The van der Waals surface area contributed by atoms with Crippen molar-refractivity contribution in [3.63, 3.8) is 0 Å². The van der Waals surface area contributed by atoms with Crippen LogP contribution in [-0.2, 0) is 15.0 Å².